The van der Waals surface area contributed by atoms with Crippen LogP contribution in [0, 0.1) is 5.92 Å². The van der Waals surface area contributed by atoms with Gasteiger partial charge >= 0.3 is 0 Å². The topological polar surface area (TPSA) is 36.4 Å². The average molecular weight is 408 g/mol. The predicted molar refractivity (Wildman–Crippen MR) is 97.0 cm³/mol. The first kappa shape index (κ1) is 17.6. The van der Waals surface area contributed by atoms with E-state index in [1.165, 1.54) is 25.7 Å². The van der Waals surface area contributed by atoms with Crippen LogP contribution in [0.5, 0.6) is 0 Å². The van der Waals surface area contributed by atoms with E-state index in [9.17, 15) is 0 Å². The zero-order valence-electron chi connectivity index (χ0n) is 11.9. The Bertz CT molecular complexity index is 433. The number of aliphatic imine (C=N–C) groups is 1. The van der Waals surface area contributed by atoms with Gasteiger partial charge in [0, 0.05) is 25.2 Å². The van der Waals surface area contributed by atoms with E-state index in [1.807, 2.05) is 24.3 Å². The highest BCUT2D eigenvalue weighted by Gasteiger charge is 2.19. The molecular formula is C15H23ClIN3. The van der Waals surface area contributed by atoms with E-state index in [-0.39, 0.29) is 24.0 Å². The predicted octanol–water partition coefficient (Wildman–Crippen LogP) is 3.81. The van der Waals surface area contributed by atoms with E-state index in [4.69, 9.17) is 11.6 Å². The Morgan fingerprint density at radius 1 is 1.30 bits per heavy atom. The maximum atomic E-state index is 6.12. The third-order valence-electron chi connectivity index (χ3n) is 3.41. The molecule has 0 aliphatic heterocycles. The number of rotatable bonds is 6. The number of nitrogens with one attached hydrogen (secondary N) is 2. The lowest BCUT2D eigenvalue weighted by Crippen LogP contribution is -2.37. The summed E-state index contributed by atoms with van der Waals surface area (Å²) in [5.41, 5.74) is 1.09. The molecule has 112 valence electrons. The number of nitrogens with zero attached hydrogens (tertiary/aromatic N) is 1. The smallest absolute Gasteiger partial charge is 0.191 e. The molecule has 0 spiro atoms. The second-order valence-electron chi connectivity index (χ2n) is 5.03. The largest absolute Gasteiger partial charge is 0.356 e. The van der Waals surface area contributed by atoms with Crippen molar-refractivity contribution >= 4 is 41.5 Å². The van der Waals surface area contributed by atoms with Crippen molar-refractivity contribution < 1.29 is 0 Å². The van der Waals surface area contributed by atoms with Crippen molar-refractivity contribution in [2.75, 3.05) is 13.6 Å². The van der Waals surface area contributed by atoms with Crippen molar-refractivity contribution in [3.63, 3.8) is 0 Å². The minimum absolute atomic E-state index is 0. The molecule has 20 heavy (non-hydrogen) atoms. The van der Waals surface area contributed by atoms with E-state index >= 15 is 0 Å². The Morgan fingerprint density at radius 2 is 2.05 bits per heavy atom. The van der Waals surface area contributed by atoms with Crippen LogP contribution in [0.4, 0.5) is 0 Å². The summed E-state index contributed by atoms with van der Waals surface area (Å²) in [5.74, 6) is 1.84. The van der Waals surface area contributed by atoms with Crippen molar-refractivity contribution in [3.8, 4) is 0 Å². The molecule has 1 aromatic carbocycles. The maximum Gasteiger partial charge on any atom is 0.191 e. The van der Waals surface area contributed by atoms with Gasteiger partial charge in [-0.15, -0.1) is 24.0 Å². The minimum atomic E-state index is 0. The fourth-order valence-electron chi connectivity index (χ4n) is 2.05. The molecule has 0 amide bonds. The summed E-state index contributed by atoms with van der Waals surface area (Å²) in [7, 11) is 1.79. The number of guanidine groups is 1. The van der Waals surface area contributed by atoms with Gasteiger partial charge in [0.25, 0.3) is 0 Å². The lowest BCUT2D eigenvalue weighted by molar-refractivity contribution is 0.644. The Hall–Kier alpha value is -0.490. The molecular weight excluding hydrogens is 385 g/mol. The summed E-state index contributed by atoms with van der Waals surface area (Å²) in [6.45, 7) is 1.68. The van der Waals surface area contributed by atoms with E-state index in [0.717, 1.165) is 29.0 Å². The Morgan fingerprint density at radius 3 is 2.70 bits per heavy atom. The normalized spacial score (nSPS) is 14.6. The van der Waals surface area contributed by atoms with Crippen LogP contribution in [-0.2, 0) is 6.54 Å². The molecule has 0 saturated heterocycles. The Kier molecular flexibility index (Phi) is 8.30. The molecule has 0 bridgehead atoms. The summed E-state index contributed by atoms with van der Waals surface area (Å²) in [4.78, 5) is 4.22. The molecule has 2 rings (SSSR count). The summed E-state index contributed by atoms with van der Waals surface area (Å²) in [6, 6.07) is 7.87. The number of hydrogen-bond acceptors (Lipinski definition) is 1. The van der Waals surface area contributed by atoms with Crippen molar-refractivity contribution in [2.24, 2.45) is 10.9 Å². The van der Waals surface area contributed by atoms with Gasteiger partial charge in [0.1, 0.15) is 0 Å². The van der Waals surface area contributed by atoms with Crippen molar-refractivity contribution in [1.29, 1.82) is 0 Å². The van der Waals surface area contributed by atoms with Gasteiger partial charge < -0.3 is 10.6 Å². The van der Waals surface area contributed by atoms with Gasteiger partial charge in [-0.25, -0.2) is 0 Å². The molecule has 1 saturated carbocycles. The van der Waals surface area contributed by atoms with Crippen LogP contribution in [0.15, 0.2) is 29.3 Å². The molecule has 2 N–H and O–H groups in total. The van der Waals surface area contributed by atoms with Crippen LogP contribution < -0.4 is 10.6 Å². The number of benzene rings is 1. The zero-order chi connectivity index (χ0) is 13.5. The van der Waals surface area contributed by atoms with Gasteiger partial charge in [-0.1, -0.05) is 42.6 Å². The second-order valence-corrected chi connectivity index (χ2v) is 5.44. The highest BCUT2D eigenvalue weighted by Crippen LogP contribution is 2.33. The molecule has 0 radical (unpaired) electrons. The van der Waals surface area contributed by atoms with E-state index in [0.29, 0.717) is 6.54 Å². The molecule has 1 fully saturated rings. The first-order chi connectivity index (χ1) is 9.29. The van der Waals surface area contributed by atoms with E-state index in [1.54, 1.807) is 7.05 Å². The fourth-order valence-corrected chi connectivity index (χ4v) is 2.25. The molecule has 5 heteroatoms. The lowest BCUT2D eigenvalue weighted by Gasteiger charge is -2.12. The van der Waals surface area contributed by atoms with Crippen LogP contribution in [0.1, 0.15) is 31.2 Å². The van der Waals surface area contributed by atoms with Gasteiger partial charge in [-0.2, -0.15) is 0 Å². The van der Waals surface area contributed by atoms with Gasteiger partial charge in [0.15, 0.2) is 5.96 Å². The zero-order valence-corrected chi connectivity index (χ0v) is 14.9. The number of halogens is 2. The molecule has 1 aliphatic carbocycles. The van der Waals surface area contributed by atoms with E-state index < -0.39 is 0 Å². The average Bonchev–Trinajstić information content (AvgIpc) is 3.24. The molecule has 0 aromatic heterocycles. The van der Waals surface area contributed by atoms with E-state index in [2.05, 4.69) is 15.6 Å². The van der Waals surface area contributed by atoms with Crippen molar-refractivity contribution in [3.05, 3.63) is 34.9 Å². The van der Waals surface area contributed by atoms with Crippen LogP contribution in [0.3, 0.4) is 0 Å². The molecule has 3 nitrogen and oxygen atoms in total. The summed E-state index contributed by atoms with van der Waals surface area (Å²) >= 11 is 6.12. The molecule has 0 unspecified atom stereocenters. The van der Waals surface area contributed by atoms with Gasteiger partial charge in [-0.05, 0) is 30.4 Å². The summed E-state index contributed by atoms with van der Waals surface area (Å²) < 4.78 is 0. The highest BCUT2D eigenvalue weighted by molar-refractivity contribution is 14.0. The van der Waals surface area contributed by atoms with Gasteiger partial charge in [-0.3, -0.25) is 4.99 Å². The molecule has 1 aromatic rings. The monoisotopic (exact) mass is 407 g/mol. The standard InChI is InChI=1S/C15H22ClN3.HI/c1-17-15(18-10-4-5-12-8-9-12)19-11-13-6-2-3-7-14(13)16;/h2-3,6-7,12H,4-5,8-11H2,1H3,(H2,17,18,19);1H. The Labute approximate surface area is 143 Å². The summed E-state index contributed by atoms with van der Waals surface area (Å²) in [5, 5.41) is 7.41. The first-order valence-electron chi connectivity index (χ1n) is 6.97. The van der Waals surface area contributed by atoms with Crippen molar-refractivity contribution in [2.45, 2.75) is 32.2 Å². The fraction of sp³-hybridized carbons (Fsp3) is 0.533. The molecule has 0 atom stereocenters. The second kappa shape index (κ2) is 9.45. The molecule has 0 heterocycles. The summed E-state index contributed by atoms with van der Waals surface area (Å²) in [6.07, 6.45) is 5.42. The van der Waals surface area contributed by atoms with Gasteiger partial charge in [0.2, 0.25) is 0 Å². The Balaban J connectivity index is 0.00000200. The first-order valence-corrected chi connectivity index (χ1v) is 7.35. The van der Waals surface area contributed by atoms with Crippen LogP contribution >= 0.6 is 35.6 Å². The van der Waals surface area contributed by atoms with Crippen LogP contribution in [0.2, 0.25) is 5.02 Å². The van der Waals surface area contributed by atoms with Crippen LogP contribution in [0.25, 0.3) is 0 Å². The van der Waals surface area contributed by atoms with Crippen molar-refractivity contribution in [1.82, 2.24) is 10.6 Å². The SMILES string of the molecule is CN=C(NCCCC1CC1)NCc1ccccc1Cl.I. The number of hydrogen-bond donors (Lipinski definition) is 2. The minimum Gasteiger partial charge on any atom is -0.356 e. The maximum absolute atomic E-state index is 6.12. The third-order valence-corrected chi connectivity index (χ3v) is 3.77. The van der Waals surface area contributed by atoms with Crippen LogP contribution in [-0.4, -0.2) is 19.6 Å². The third kappa shape index (κ3) is 6.31. The van der Waals surface area contributed by atoms with Gasteiger partial charge in [0.05, 0.1) is 0 Å². The molecule has 1 aliphatic rings. The quantitative estimate of drug-likeness (QED) is 0.326. The lowest BCUT2D eigenvalue weighted by atomic mass is 10.2. The highest BCUT2D eigenvalue weighted by atomic mass is 127.